The van der Waals surface area contributed by atoms with Crippen molar-refractivity contribution in [1.29, 1.82) is 0 Å². The van der Waals surface area contributed by atoms with E-state index in [-0.39, 0.29) is 5.02 Å². The minimum Gasteiger partial charge on any atom is -0.375 e. The first-order chi connectivity index (χ1) is 13.1. The molecular formula is C18H18Cl2N6O. The fourth-order valence-corrected chi connectivity index (χ4v) is 3.49. The van der Waals surface area contributed by atoms with Gasteiger partial charge < -0.3 is 9.88 Å². The highest BCUT2D eigenvalue weighted by atomic mass is 35.5. The number of hydrogen-bond acceptors (Lipinski definition) is 5. The molecule has 2 aromatic heterocycles. The average Bonchev–Trinajstić information content (AvgIpc) is 2.90. The van der Waals surface area contributed by atoms with Gasteiger partial charge in [0, 0.05) is 18.0 Å². The molecule has 1 aromatic carbocycles. The van der Waals surface area contributed by atoms with E-state index in [1.54, 1.807) is 24.3 Å². The van der Waals surface area contributed by atoms with Crippen LogP contribution in [0.1, 0.15) is 30.9 Å². The Morgan fingerprint density at radius 3 is 2.70 bits per heavy atom. The quantitative estimate of drug-likeness (QED) is 0.719. The van der Waals surface area contributed by atoms with Gasteiger partial charge in [-0.2, -0.15) is 9.78 Å². The Labute approximate surface area is 165 Å². The second-order valence-electron chi connectivity index (χ2n) is 6.41. The molecule has 0 bridgehead atoms. The second-order valence-corrected chi connectivity index (χ2v) is 7.23. The van der Waals surface area contributed by atoms with Gasteiger partial charge in [0.25, 0.3) is 5.56 Å². The van der Waals surface area contributed by atoms with Crippen LogP contribution >= 0.6 is 23.2 Å². The number of aryl methyl sites for hydroxylation is 1. The highest BCUT2D eigenvalue weighted by Crippen LogP contribution is 2.20. The summed E-state index contributed by atoms with van der Waals surface area (Å²) in [7, 11) is 0. The van der Waals surface area contributed by atoms with Crippen molar-refractivity contribution in [2.75, 3.05) is 5.32 Å². The molecule has 1 N–H and O–H groups in total. The summed E-state index contributed by atoms with van der Waals surface area (Å²) in [4.78, 5) is 12.6. The summed E-state index contributed by atoms with van der Waals surface area (Å²) in [6.07, 6.45) is 5.96. The minimum absolute atomic E-state index is 0.0792. The first kappa shape index (κ1) is 18.0. The van der Waals surface area contributed by atoms with E-state index in [0.29, 0.717) is 22.9 Å². The van der Waals surface area contributed by atoms with Gasteiger partial charge in [0.05, 0.1) is 24.1 Å². The predicted molar refractivity (Wildman–Crippen MR) is 105 cm³/mol. The van der Waals surface area contributed by atoms with E-state index < -0.39 is 5.56 Å². The van der Waals surface area contributed by atoms with Crippen molar-refractivity contribution >= 4 is 28.9 Å². The third kappa shape index (κ3) is 3.70. The molecule has 1 aliphatic heterocycles. The molecule has 0 saturated carbocycles. The Bertz CT molecular complexity index is 1010. The molecule has 0 atom stereocenters. The van der Waals surface area contributed by atoms with E-state index >= 15 is 0 Å². The smallest absolute Gasteiger partial charge is 0.292 e. The Morgan fingerprint density at radius 1 is 1.07 bits per heavy atom. The average molecular weight is 405 g/mol. The molecule has 0 aliphatic carbocycles. The van der Waals surface area contributed by atoms with Crippen LogP contribution in [0, 0.1) is 0 Å². The Balaban J connectivity index is 1.55. The molecule has 3 aromatic rings. The second kappa shape index (κ2) is 7.70. The van der Waals surface area contributed by atoms with Crippen LogP contribution in [0.5, 0.6) is 0 Å². The number of halogens is 2. The van der Waals surface area contributed by atoms with Gasteiger partial charge in [-0.15, -0.1) is 10.2 Å². The van der Waals surface area contributed by atoms with Gasteiger partial charge in [0.15, 0.2) is 5.82 Å². The van der Waals surface area contributed by atoms with E-state index in [1.807, 2.05) is 0 Å². The maximum atomic E-state index is 12.6. The Morgan fingerprint density at radius 2 is 1.89 bits per heavy atom. The van der Waals surface area contributed by atoms with Crippen LogP contribution in [-0.4, -0.2) is 24.5 Å². The largest absolute Gasteiger partial charge is 0.375 e. The zero-order chi connectivity index (χ0) is 18.8. The van der Waals surface area contributed by atoms with E-state index in [9.17, 15) is 4.79 Å². The number of aromatic nitrogens is 5. The maximum Gasteiger partial charge on any atom is 0.292 e. The van der Waals surface area contributed by atoms with Crippen molar-refractivity contribution in [2.45, 2.75) is 38.8 Å². The van der Waals surface area contributed by atoms with Crippen LogP contribution in [0.4, 0.5) is 5.69 Å². The normalized spacial score (nSPS) is 13.9. The number of anilines is 1. The van der Waals surface area contributed by atoms with E-state index in [2.05, 4.69) is 25.2 Å². The number of fused-ring (bicyclic) bond motifs is 1. The maximum absolute atomic E-state index is 12.6. The summed E-state index contributed by atoms with van der Waals surface area (Å²) in [5.74, 6) is 1.86. The first-order valence-electron chi connectivity index (χ1n) is 8.82. The van der Waals surface area contributed by atoms with Gasteiger partial charge in [-0.1, -0.05) is 29.6 Å². The topological polar surface area (TPSA) is 77.6 Å². The number of benzene rings is 1. The Hall–Kier alpha value is -2.38. The lowest BCUT2D eigenvalue weighted by Crippen LogP contribution is -2.23. The third-order valence-electron chi connectivity index (χ3n) is 4.61. The summed E-state index contributed by atoms with van der Waals surface area (Å²) in [5, 5.41) is 16.6. The summed E-state index contributed by atoms with van der Waals surface area (Å²) < 4.78 is 3.39. The van der Waals surface area contributed by atoms with Crippen LogP contribution < -0.4 is 10.9 Å². The predicted octanol–water partition coefficient (Wildman–Crippen LogP) is 3.47. The van der Waals surface area contributed by atoms with E-state index in [4.69, 9.17) is 23.2 Å². The molecule has 9 heteroatoms. The van der Waals surface area contributed by atoms with Crippen molar-refractivity contribution in [3.05, 3.63) is 62.5 Å². The molecule has 0 unspecified atom stereocenters. The monoisotopic (exact) mass is 404 g/mol. The molecule has 3 heterocycles. The molecule has 140 valence electrons. The zero-order valence-corrected chi connectivity index (χ0v) is 16.0. The van der Waals surface area contributed by atoms with Gasteiger partial charge in [-0.3, -0.25) is 4.79 Å². The van der Waals surface area contributed by atoms with Crippen LogP contribution in [0.2, 0.25) is 10.0 Å². The third-order valence-corrected chi connectivity index (χ3v) is 5.23. The molecule has 7 nitrogen and oxygen atoms in total. The van der Waals surface area contributed by atoms with Crippen LogP contribution in [-0.2, 0) is 19.5 Å². The van der Waals surface area contributed by atoms with E-state index in [0.717, 1.165) is 37.5 Å². The van der Waals surface area contributed by atoms with Crippen molar-refractivity contribution in [1.82, 2.24) is 24.5 Å². The highest BCUT2D eigenvalue weighted by Gasteiger charge is 2.16. The lowest BCUT2D eigenvalue weighted by Gasteiger charge is -2.11. The summed E-state index contributed by atoms with van der Waals surface area (Å²) in [6, 6.07) is 6.82. The fraction of sp³-hybridized carbons (Fsp3) is 0.333. The number of hydrogen-bond donors (Lipinski definition) is 1. The minimum atomic E-state index is -0.399. The van der Waals surface area contributed by atoms with E-state index in [1.165, 1.54) is 17.3 Å². The Kier molecular flexibility index (Phi) is 5.13. The molecule has 0 saturated heterocycles. The molecule has 27 heavy (non-hydrogen) atoms. The van der Waals surface area contributed by atoms with Gasteiger partial charge in [-0.25, -0.2) is 0 Å². The molecule has 0 radical (unpaired) electrons. The summed E-state index contributed by atoms with van der Waals surface area (Å²) in [5.41, 5.74) is 0.669. The van der Waals surface area contributed by atoms with Crippen molar-refractivity contribution in [3.63, 3.8) is 0 Å². The molecule has 0 amide bonds. The number of nitrogens with one attached hydrogen (secondary N) is 1. The molecule has 4 rings (SSSR count). The zero-order valence-electron chi connectivity index (χ0n) is 14.5. The van der Waals surface area contributed by atoms with Gasteiger partial charge in [0.2, 0.25) is 0 Å². The van der Waals surface area contributed by atoms with Crippen LogP contribution in [0.25, 0.3) is 5.69 Å². The fourth-order valence-electron chi connectivity index (χ4n) is 3.17. The highest BCUT2D eigenvalue weighted by molar-refractivity contribution is 6.33. The molecule has 0 fully saturated rings. The molecular weight excluding hydrogens is 387 g/mol. The summed E-state index contributed by atoms with van der Waals surface area (Å²) in [6.45, 7) is 1.35. The van der Waals surface area contributed by atoms with Gasteiger partial charge >= 0.3 is 0 Å². The van der Waals surface area contributed by atoms with Gasteiger partial charge in [-0.05, 0) is 37.1 Å². The summed E-state index contributed by atoms with van der Waals surface area (Å²) >= 11 is 12.2. The van der Waals surface area contributed by atoms with Gasteiger partial charge in [0.1, 0.15) is 10.8 Å². The number of rotatable bonds is 4. The van der Waals surface area contributed by atoms with Crippen LogP contribution in [0.3, 0.4) is 0 Å². The van der Waals surface area contributed by atoms with Crippen molar-refractivity contribution in [3.8, 4) is 5.69 Å². The van der Waals surface area contributed by atoms with Crippen molar-refractivity contribution in [2.24, 2.45) is 0 Å². The van der Waals surface area contributed by atoms with Crippen LogP contribution in [0.15, 0.2) is 35.3 Å². The lowest BCUT2D eigenvalue weighted by molar-refractivity contribution is 0.610. The number of nitrogens with zero attached hydrogens (tertiary/aromatic N) is 5. The van der Waals surface area contributed by atoms with Crippen molar-refractivity contribution < 1.29 is 0 Å². The standard InChI is InChI=1S/C18H18Cl2N6O/c19-12-5-7-13(8-6-12)26-18(27)17(20)14(10-22-26)21-11-16-24-23-15-4-2-1-3-9-25(15)16/h5-8,10,21H,1-4,9,11H2. The molecule has 0 spiro atoms. The lowest BCUT2D eigenvalue weighted by atomic mass is 10.2. The molecule has 1 aliphatic rings. The first-order valence-corrected chi connectivity index (χ1v) is 9.57. The SMILES string of the molecule is O=c1c(Cl)c(NCc2nnc3n2CCCCC3)cnn1-c1ccc(Cl)cc1.